The van der Waals surface area contributed by atoms with Gasteiger partial charge < -0.3 is 10.2 Å². The molecular formula is C35H56O2. The summed E-state index contributed by atoms with van der Waals surface area (Å²) in [5.74, 6) is 0.771. The van der Waals surface area contributed by atoms with Gasteiger partial charge in [0.2, 0.25) is 0 Å². The number of aryl methyl sites for hydroxylation is 2. The number of para-hydroxylation sites is 2. The minimum Gasteiger partial charge on any atom is -0.507 e. The van der Waals surface area contributed by atoms with E-state index in [0.29, 0.717) is 11.5 Å². The van der Waals surface area contributed by atoms with E-state index in [1.165, 1.54) is 109 Å². The smallest absolute Gasteiger partial charge is 0.122 e. The highest BCUT2D eigenvalue weighted by Crippen LogP contribution is 2.41. The topological polar surface area (TPSA) is 40.5 Å². The molecule has 0 radical (unpaired) electrons. The van der Waals surface area contributed by atoms with Crippen LogP contribution in [0.3, 0.4) is 0 Å². The first-order valence-corrected chi connectivity index (χ1v) is 15.6. The van der Waals surface area contributed by atoms with E-state index in [1.807, 2.05) is 50.2 Å². The van der Waals surface area contributed by atoms with E-state index in [0.717, 1.165) is 35.1 Å². The van der Waals surface area contributed by atoms with Crippen LogP contribution in [0.1, 0.15) is 157 Å². The predicted molar refractivity (Wildman–Crippen MR) is 161 cm³/mol. The molecule has 0 aliphatic heterocycles. The molecule has 0 aliphatic rings. The number of benzene rings is 2. The van der Waals surface area contributed by atoms with Gasteiger partial charge in [0, 0.05) is 17.0 Å². The van der Waals surface area contributed by atoms with E-state index in [1.54, 1.807) is 0 Å². The number of phenols is 2. The van der Waals surface area contributed by atoms with Crippen LogP contribution in [-0.2, 0) is 0 Å². The number of hydrogen-bond acceptors (Lipinski definition) is 2. The van der Waals surface area contributed by atoms with Crippen LogP contribution in [-0.4, -0.2) is 10.2 Å². The zero-order valence-corrected chi connectivity index (χ0v) is 24.4. The van der Waals surface area contributed by atoms with Gasteiger partial charge in [-0.1, -0.05) is 159 Å². The van der Waals surface area contributed by atoms with Gasteiger partial charge in [-0.25, -0.2) is 0 Å². The van der Waals surface area contributed by atoms with Gasteiger partial charge in [-0.2, -0.15) is 0 Å². The molecule has 0 fully saturated rings. The second-order valence-electron chi connectivity index (χ2n) is 11.4. The Morgan fingerprint density at radius 2 is 0.811 bits per heavy atom. The van der Waals surface area contributed by atoms with Crippen molar-refractivity contribution >= 4 is 0 Å². The molecule has 0 bridgehead atoms. The normalized spacial score (nSPS) is 11.5. The molecule has 0 spiro atoms. The maximum atomic E-state index is 10.8. The molecule has 0 saturated heterocycles. The second kappa shape index (κ2) is 19.2. The second-order valence-corrected chi connectivity index (χ2v) is 11.4. The predicted octanol–water partition coefficient (Wildman–Crippen LogP) is 11.3. The molecule has 0 aliphatic carbocycles. The van der Waals surface area contributed by atoms with Crippen LogP contribution in [0.15, 0.2) is 36.4 Å². The summed E-state index contributed by atoms with van der Waals surface area (Å²) in [6, 6.07) is 12.0. The molecule has 0 unspecified atom stereocenters. The quantitative estimate of drug-likeness (QED) is 0.165. The highest BCUT2D eigenvalue weighted by atomic mass is 16.3. The number of phenolic OH excluding ortho intramolecular Hbond substituents is 2. The van der Waals surface area contributed by atoms with Gasteiger partial charge in [-0.15, -0.1) is 0 Å². The number of unbranched alkanes of at least 4 members (excludes halogenated alkanes) is 17. The molecule has 208 valence electrons. The SMILES string of the molecule is CCCCCCCCCCCCCCCCCCCCC(c1cccc(C)c1O)c1cccc(C)c1O. The van der Waals surface area contributed by atoms with Crippen LogP contribution >= 0.6 is 0 Å². The number of aromatic hydroxyl groups is 2. The van der Waals surface area contributed by atoms with E-state index < -0.39 is 0 Å². The Kier molecular flexibility index (Phi) is 16.2. The van der Waals surface area contributed by atoms with Crippen molar-refractivity contribution in [2.24, 2.45) is 0 Å². The van der Waals surface area contributed by atoms with Crippen molar-refractivity contribution in [3.8, 4) is 11.5 Å². The molecule has 2 N–H and O–H groups in total. The summed E-state index contributed by atoms with van der Waals surface area (Å²) in [6.45, 7) is 6.18. The zero-order chi connectivity index (χ0) is 26.7. The third-order valence-corrected chi connectivity index (χ3v) is 8.14. The van der Waals surface area contributed by atoms with E-state index in [4.69, 9.17) is 0 Å². The third-order valence-electron chi connectivity index (χ3n) is 8.14. The summed E-state index contributed by atoms with van der Waals surface area (Å²) in [5.41, 5.74) is 3.67. The maximum absolute atomic E-state index is 10.8. The monoisotopic (exact) mass is 508 g/mol. The molecule has 0 saturated carbocycles. The Morgan fingerprint density at radius 1 is 0.486 bits per heavy atom. The fourth-order valence-electron chi connectivity index (χ4n) is 5.65. The van der Waals surface area contributed by atoms with Crippen molar-refractivity contribution in [3.63, 3.8) is 0 Å². The van der Waals surface area contributed by atoms with Crippen molar-refractivity contribution in [3.05, 3.63) is 58.7 Å². The van der Waals surface area contributed by atoms with E-state index in [9.17, 15) is 10.2 Å². The van der Waals surface area contributed by atoms with Gasteiger partial charge in [-0.05, 0) is 31.4 Å². The first-order valence-electron chi connectivity index (χ1n) is 15.6. The Bertz CT molecular complexity index is 805. The minimum absolute atomic E-state index is 0.0286. The van der Waals surface area contributed by atoms with E-state index >= 15 is 0 Å². The van der Waals surface area contributed by atoms with Crippen molar-refractivity contribution < 1.29 is 10.2 Å². The molecule has 2 rings (SSSR count). The first-order chi connectivity index (χ1) is 18.1. The van der Waals surface area contributed by atoms with Crippen LogP contribution in [0.5, 0.6) is 11.5 Å². The van der Waals surface area contributed by atoms with Crippen LogP contribution in [0, 0.1) is 13.8 Å². The van der Waals surface area contributed by atoms with Crippen molar-refractivity contribution in [2.75, 3.05) is 0 Å². The molecule has 2 nitrogen and oxygen atoms in total. The average molecular weight is 509 g/mol. The molecule has 0 aromatic heterocycles. The van der Waals surface area contributed by atoms with Gasteiger partial charge in [0.1, 0.15) is 11.5 Å². The van der Waals surface area contributed by atoms with Crippen LogP contribution < -0.4 is 0 Å². The van der Waals surface area contributed by atoms with Crippen LogP contribution in [0.2, 0.25) is 0 Å². The van der Waals surface area contributed by atoms with E-state index in [-0.39, 0.29) is 5.92 Å². The van der Waals surface area contributed by atoms with Crippen LogP contribution in [0.4, 0.5) is 0 Å². The molecule has 0 atom stereocenters. The molecule has 0 heterocycles. The lowest BCUT2D eigenvalue weighted by Crippen LogP contribution is -2.04. The molecule has 37 heavy (non-hydrogen) atoms. The maximum Gasteiger partial charge on any atom is 0.122 e. The van der Waals surface area contributed by atoms with Gasteiger partial charge >= 0.3 is 0 Å². The zero-order valence-electron chi connectivity index (χ0n) is 24.4. The summed E-state index contributed by atoms with van der Waals surface area (Å²) >= 11 is 0. The van der Waals surface area contributed by atoms with Crippen molar-refractivity contribution in [2.45, 2.75) is 149 Å². The van der Waals surface area contributed by atoms with Crippen molar-refractivity contribution in [1.29, 1.82) is 0 Å². The fourth-order valence-corrected chi connectivity index (χ4v) is 5.65. The van der Waals surface area contributed by atoms with Gasteiger partial charge in [0.05, 0.1) is 0 Å². The number of rotatable bonds is 21. The van der Waals surface area contributed by atoms with Crippen molar-refractivity contribution in [1.82, 2.24) is 0 Å². The lowest BCUT2D eigenvalue weighted by atomic mass is 9.84. The molecule has 2 aromatic carbocycles. The first kappa shape index (κ1) is 31.3. The largest absolute Gasteiger partial charge is 0.507 e. The fraction of sp³-hybridized carbons (Fsp3) is 0.657. The lowest BCUT2D eigenvalue weighted by molar-refractivity contribution is 0.443. The molecule has 2 heteroatoms. The third kappa shape index (κ3) is 12.0. The van der Waals surface area contributed by atoms with Crippen LogP contribution in [0.25, 0.3) is 0 Å². The summed E-state index contributed by atoms with van der Waals surface area (Å²) in [4.78, 5) is 0. The Labute approximate surface area is 228 Å². The molecule has 2 aromatic rings. The Hall–Kier alpha value is -1.96. The summed E-state index contributed by atoms with van der Waals surface area (Å²) in [5, 5.41) is 21.5. The molecule has 0 amide bonds. The summed E-state index contributed by atoms with van der Waals surface area (Å²) < 4.78 is 0. The standard InChI is InChI=1S/C35H56O2/c1-4-5-6-7-8-9-10-11-12-13-14-15-16-17-18-19-20-21-26-31(32-27-22-24-29(2)34(32)36)33-28-23-25-30(3)35(33)37/h22-25,27-28,31,36-37H,4-21,26H2,1-3H3. The lowest BCUT2D eigenvalue weighted by Gasteiger charge is -2.22. The minimum atomic E-state index is 0.0286. The average Bonchev–Trinajstić information content (AvgIpc) is 2.89. The van der Waals surface area contributed by atoms with Gasteiger partial charge in [0.25, 0.3) is 0 Å². The van der Waals surface area contributed by atoms with E-state index in [2.05, 4.69) is 6.92 Å². The van der Waals surface area contributed by atoms with Gasteiger partial charge in [0.15, 0.2) is 0 Å². The summed E-state index contributed by atoms with van der Waals surface area (Å²) in [6.07, 6.45) is 25.7. The highest BCUT2D eigenvalue weighted by Gasteiger charge is 2.21. The Morgan fingerprint density at radius 3 is 1.16 bits per heavy atom. The Balaban J connectivity index is 1.58. The highest BCUT2D eigenvalue weighted by molar-refractivity contribution is 5.50. The molecular weight excluding hydrogens is 452 g/mol. The number of hydrogen-bond donors (Lipinski definition) is 2. The summed E-state index contributed by atoms with van der Waals surface area (Å²) in [7, 11) is 0. The van der Waals surface area contributed by atoms with Gasteiger partial charge in [-0.3, -0.25) is 0 Å².